The largest absolute Gasteiger partial charge is 0.493 e. The first-order valence-corrected chi connectivity index (χ1v) is 8.91. The predicted molar refractivity (Wildman–Crippen MR) is 103 cm³/mol. The average molecular weight is 383 g/mol. The Morgan fingerprint density at radius 1 is 1.07 bits per heavy atom. The normalized spacial score (nSPS) is 15.0. The third kappa shape index (κ3) is 4.20. The Kier molecular flexibility index (Phi) is 5.32. The molecule has 138 valence electrons. The molecule has 1 saturated heterocycles. The van der Waals surface area contributed by atoms with E-state index in [2.05, 4.69) is 5.32 Å². The van der Waals surface area contributed by atoms with E-state index in [1.807, 2.05) is 6.92 Å². The number of carbonyl (C=O) groups is 3. The summed E-state index contributed by atoms with van der Waals surface area (Å²) < 4.78 is 11.3. The second kappa shape index (κ2) is 7.67. The van der Waals surface area contributed by atoms with Crippen LogP contribution in [0.5, 0.6) is 17.2 Å². The maximum Gasteiger partial charge on any atom is 0.290 e. The summed E-state index contributed by atoms with van der Waals surface area (Å²) in [5, 5.41) is 1.83. The molecule has 0 atom stereocenters. The van der Waals surface area contributed by atoms with E-state index in [0.29, 0.717) is 33.3 Å². The van der Waals surface area contributed by atoms with Crippen molar-refractivity contribution in [2.75, 3.05) is 7.11 Å². The van der Waals surface area contributed by atoms with Crippen LogP contribution in [0.4, 0.5) is 4.79 Å². The molecular formula is C20H17NO5S. The molecule has 1 aliphatic heterocycles. The van der Waals surface area contributed by atoms with Crippen molar-refractivity contribution >= 4 is 34.8 Å². The van der Waals surface area contributed by atoms with Crippen LogP contribution in [0, 0.1) is 6.92 Å². The number of methoxy groups -OCH3 is 1. The Bertz CT molecular complexity index is 980. The van der Waals surface area contributed by atoms with Gasteiger partial charge in [0.15, 0.2) is 17.3 Å². The highest BCUT2D eigenvalue weighted by Crippen LogP contribution is 2.35. The zero-order valence-corrected chi connectivity index (χ0v) is 15.8. The van der Waals surface area contributed by atoms with Gasteiger partial charge < -0.3 is 9.47 Å². The fourth-order valence-corrected chi connectivity index (χ4v) is 3.21. The van der Waals surface area contributed by atoms with Crippen molar-refractivity contribution in [3.63, 3.8) is 0 Å². The number of nitrogens with one attached hydrogen (secondary N) is 1. The number of ether oxygens (including phenoxy) is 2. The quantitative estimate of drug-likeness (QED) is 0.612. The highest BCUT2D eigenvalue weighted by atomic mass is 32.2. The molecule has 2 aromatic rings. The van der Waals surface area contributed by atoms with Crippen molar-refractivity contribution in [2.24, 2.45) is 0 Å². The molecule has 0 aromatic heterocycles. The van der Waals surface area contributed by atoms with Crippen molar-refractivity contribution in [1.29, 1.82) is 0 Å². The van der Waals surface area contributed by atoms with Gasteiger partial charge in [-0.25, -0.2) is 0 Å². The first-order valence-electron chi connectivity index (χ1n) is 8.09. The minimum absolute atomic E-state index is 0.00748. The van der Waals surface area contributed by atoms with Gasteiger partial charge in [0.25, 0.3) is 11.1 Å². The molecule has 27 heavy (non-hydrogen) atoms. The van der Waals surface area contributed by atoms with Crippen LogP contribution in [0.2, 0.25) is 0 Å². The van der Waals surface area contributed by atoms with Crippen LogP contribution in [-0.4, -0.2) is 24.0 Å². The summed E-state index contributed by atoms with van der Waals surface area (Å²) in [6.45, 7) is 3.38. The molecule has 6 nitrogen and oxygen atoms in total. The van der Waals surface area contributed by atoms with E-state index in [0.717, 1.165) is 17.3 Å². The van der Waals surface area contributed by atoms with Crippen LogP contribution in [0.15, 0.2) is 41.3 Å². The van der Waals surface area contributed by atoms with Crippen LogP contribution in [0.25, 0.3) is 6.08 Å². The van der Waals surface area contributed by atoms with E-state index < -0.39 is 5.91 Å². The van der Waals surface area contributed by atoms with Crippen molar-refractivity contribution in [3.05, 3.63) is 58.0 Å². The highest BCUT2D eigenvalue weighted by molar-refractivity contribution is 8.18. The van der Waals surface area contributed by atoms with Gasteiger partial charge in [-0.3, -0.25) is 19.7 Å². The molecule has 0 aliphatic carbocycles. The maximum absolute atomic E-state index is 11.7. The van der Waals surface area contributed by atoms with Gasteiger partial charge in [0.05, 0.1) is 12.0 Å². The van der Waals surface area contributed by atoms with Crippen LogP contribution in [-0.2, 0) is 4.79 Å². The molecule has 0 unspecified atom stereocenters. The molecule has 3 rings (SSSR count). The first kappa shape index (κ1) is 18.7. The summed E-state index contributed by atoms with van der Waals surface area (Å²) in [7, 11) is 1.52. The molecule has 0 saturated carbocycles. The van der Waals surface area contributed by atoms with Crippen LogP contribution >= 0.6 is 11.8 Å². The van der Waals surface area contributed by atoms with Crippen molar-refractivity contribution in [3.8, 4) is 17.2 Å². The summed E-state index contributed by atoms with van der Waals surface area (Å²) in [6.07, 6.45) is 1.62. The second-order valence-electron chi connectivity index (χ2n) is 5.90. The SMILES string of the molecule is COc1cc(/C=C2\SC(=O)NC2=O)ccc1Oc1ccc(C(C)=O)cc1C. The van der Waals surface area contributed by atoms with Crippen molar-refractivity contribution in [1.82, 2.24) is 5.32 Å². The third-order valence-electron chi connectivity index (χ3n) is 3.93. The van der Waals surface area contributed by atoms with Gasteiger partial charge in [-0.15, -0.1) is 0 Å². The Balaban J connectivity index is 1.87. The number of Topliss-reactive ketones (excluding diaryl/α,β-unsaturated/α-hetero) is 1. The number of amides is 2. The van der Waals surface area contributed by atoms with Gasteiger partial charge in [-0.05, 0) is 73.1 Å². The summed E-state index contributed by atoms with van der Waals surface area (Å²) >= 11 is 0.856. The zero-order chi connectivity index (χ0) is 19.6. The minimum atomic E-state index is -0.412. The van der Waals surface area contributed by atoms with Gasteiger partial charge in [0.1, 0.15) is 5.75 Å². The van der Waals surface area contributed by atoms with E-state index in [4.69, 9.17) is 9.47 Å². The van der Waals surface area contributed by atoms with Gasteiger partial charge in [-0.2, -0.15) is 0 Å². The van der Waals surface area contributed by atoms with Crippen molar-refractivity contribution < 1.29 is 23.9 Å². The number of benzene rings is 2. The number of thioether (sulfide) groups is 1. The van der Waals surface area contributed by atoms with E-state index in [1.165, 1.54) is 14.0 Å². The van der Waals surface area contributed by atoms with E-state index >= 15 is 0 Å². The smallest absolute Gasteiger partial charge is 0.290 e. The average Bonchev–Trinajstić information content (AvgIpc) is 2.94. The van der Waals surface area contributed by atoms with Crippen molar-refractivity contribution in [2.45, 2.75) is 13.8 Å². The van der Waals surface area contributed by atoms with Crippen LogP contribution in [0.3, 0.4) is 0 Å². The molecule has 2 aromatic carbocycles. The molecule has 1 aliphatic rings. The number of imide groups is 1. The van der Waals surface area contributed by atoms with E-state index in [-0.39, 0.29) is 11.0 Å². The Hall–Kier alpha value is -3.06. The molecule has 0 bridgehead atoms. The molecule has 1 N–H and O–H groups in total. The van der Waals surface area contributed by atoms with Gasteiger partial charge in [0.2, 0.25) is 0 Å². The summed E-state index contributed by atoms with van der Waals surface area (Å²) in [5.41, 5.74) is 2.15. The lowest BCUT2D eigenvalue weighted by molar-refractivity contribution is -0.115. The van der Waals surface area contributed by atoms with E-state index in [1.54, 1.807) is 42.5 Å². The molecule has 2 amide bonds. The lowest BCUT2D eigenvalue weighted by atomic mass is 10.1. The standard InChI is InChI=1S/C20H17NO5S/c1-11-8-14(12(2)22)5-7-15(11)26-16-6-4-13(9-17(16)25-3)10-18-19(23)21-20(24)27-18/h4-10H,1-3H3,(H,21,23,24)/b18-10-. The molecular weight excluding hydrogens is 366 g/mol. The van der Waals surface area contributed by atoms with Gasteiger partial charge in [-0.1, -0.05) is 6.07 Å². The predicted octanol–water partition coefficient (Wildman–Crippen LogP) is 4.32. The molecule has 0 spiro atoms. The monoisotopic (exact) mass is 383 g/mol. The molecule has 1 heterocycles. The first-order chi connectivity index (χ1) is 12.9. The molecule has 7 heteroatoms. The Labute approximate surface area is 160 Å². The second-order valence-corrected chi connectivity index (χ2v) is 6.92. The van der Waals surface area contributed by atoms with Crippen LogP contribution in [0.1, 0.15) is 28.4 Å². The summed E-state index contributed by atoms with van der Waals surface area (Å²) in [4.78, 5) is 34.7. The molecule has 1 fully saturated rings. The number of ketones is 1. The van der Waals surface area contributed by atoms with Gasteiger partial charge in [0, 0.05) is 5.56 Å². The minimum Gasteiger partial charge on any atom is -0.493 e. The fourth-order valence-electron chi connectivity index (χ4n) is 2.53. The fraction of sp³-hybridized carbons (Fsp3) is 0.150. The maximum atomic E-state index is 11.7. The number of hydrogen-bond acceptors (Lipinski definition) is 6. The number of hydrogen-bond donors (Lipinski definition) is 1. The number of aryl methyl sites for hydroxylation is 1. The summed E-state index contributed by atoms with van der Waals surface area (Å²) in [6, 6.07) is 10.4. The lowest BCUT2D eigenvalue weighted by Crippen LogP contribution is -2.17. The zero-order valence-electron chi connectivity index (χ0n) is 15.0. The Morgan fingerprint density at radius 2 is 1.81 bits per heavy atom. The highest BCUT2D eigenvalue weighted by Gasteiger charge is 2.25. The summed E-state index contributed by atoms with van der Waals surface area (Å²) in [5.74, 6) is 1.17. The van der Waals surface area contributed by atoms with E-state index in [9.17, 15) is 14.4 Å². The third-order valence-corrected chi connectivity index (χ3v) is 4.74. The number of carbonyl (C=O) groups excluding carboxylic acids is 3. The lowest BCUT2D eigenvalue weighted by Gasteiger charge is -2.13. The number of rotatable bonds is 5. The molecule has 0 radical (unpaired) electrons. The van der Waals surface area contributed by atoms with Gasteiger partial charge >= 0.3 is 0 Å². The topological polar surface area (TPSA) is 81.7 Å². The van der Waals surface area contributed by atoms with Crippen LogP contribution < -0.4 is 14.8 Å². The Morgan fingerprint density at radius 3 is 2.41 bits per heavy atom.